The Morgan fingerprint density at radius 3 is 3.50 bits per heavy atom. The molecular weight excluding hydrogens is 146 g/mol. The lowest BCUT2D eigenvalue weighted by Gasteiger charge is -1.97. The fraction of sp³-hybridized carbons (Fsp3) is 0.286. The van der Waals surface area contributed by atoms with Gasteiger partial charge in [0.25, 0.3) is 0 Å². The van der Waals surface area contributed by atoms with Crippen molar-refractivity contribution in [2.75, 3.05) is 0 Å². The second kappa shape index (κ2) is 2.18. The number of hydrogen-bond acceptors (Lipinski definition) is 3. The van der Waals surface area contributed by atoms with Gasteiger partial charge in [0.2, 0.25) is 0 Å². The monoisotopic (exact) mass is 153 g/mol. The molecule has 3 heteroatoms. The number of aldehydes is 1. The highest BCUT2D eigenvalue weighted by Crippen LogP contribution is 2.27. The first kappa shape index (κ1) is 6.07. The molecule has 0 aromatic carbocycles. The summed E-state index contributed by atoms with van der Waals surface area (Å²) in [6, 6.07) is 1.97. The quantitative estimate of drug-likeness (QED) is 0.612. The predicted molar refractivity (Wildman–Crippen MR) is 40.0 cm³/mol. The number of rotatable bonds is 1. The van der Waals surface area contributed by atoms with Gasteiger partial charge in [0.1, 0.15) is 6.29 Å². The molecule has 52 valence electrons. The van der Waals surface area contributed by atoms with E-state index in [9.17, 15) is 4.79 Å². The minimum absolute atomic E-state index is 0.0405. The Morgan fingerprint density at radius 2 is 2.70 bits per heavy atom. The van der Waals surface area contributed by atoms with Crippen LogP contribution in [0.25, 0.3) is 0 Å². The van der Waals surface area contributed by atoms with Crippen molar-refractivity contribution in [3.05, 3.63) is 21.9 Å². The standard InChI is InChI=1S/C7H7NOS/c9-4-6-5-1-2-10-7(5)3-8-6/h1-2,4,6,8H,3H2. The van der Waals surface area contributed by atoms with Crippen LogP contribution in [0.15, 0.2) is 11.4 Å². The third-order valence-electron chi connectivity index (χ3n) is 1.73. The molecule has 0 bridgehead atoms. The Hall–Kier alpha value is -0.670. The summed E-state index contributed by atoms with van der Waals surface area (Å²) in [5.41, 5.74) is 1.17. The summed E-state index contributed by atoms with van der Waals surface area (Å²) in [5.74, 6) is 0. The van der Waals surface area contributed by atoms with Crippen LogP contribution in [0.3, 0.4) is 0 Å². The number of carbonyl (C=O) groups is 1. The van der Waals surface area contributed by atoms with Crippen molar-refractivity contribution in [2.24, 2.45) is 0 Å². The molecule has 0 fully saturated rings. The molecule has 2 heterocycles. The van der Waals surface area contributed by atoms with Crippen molar-refractivity contribution in [3.8, 4) is 0 Å². The van der Waals surface area contributed by atoms with Gasteiger partial charge in [-0.25, -0.2) is 0 Å². The van der Waals surface area contributed by atoms with Gasteiger partial charge in [0.05, 0.1) is 6.04 Å². The van der Waals surface area contributed by atoms with Gasteiger partial charge in [0.15, 0.2) is 0 Å². The van der Waals surface area contributed by atoms with E-state index in [1.807, 2.05) is 11.4 Å². The summed E-state index contributed by atoms with van der Waals surface area (Å²) in [6.07, 6.45) is 0.957. The summed E-state index contributed by atoms with van der Waals surface area (Å²) in [4.78, 5) is 11.7. The van der Waals surface area contributed by atoms with Crippen molar-refractivity contribution >= 4 is 17.6 Å². The molecule has 10 heavy (non-hydrogen) atoms. The Labute approximate surface area is 62.9 Å². The average Bonchev–Trinajstić information content (AvgIpc) is 2.44. The molecule has 1 aliphatic rings. The molecule has 0 amide bonds. The Balaban J connectivity index is 2.43. The van der Waals surface area contributed by atoms with E-state index in [2.05, 4.69) is 5.32 Å². The molecule has 1 N–H and O–H groups in total. The number of fused-ring (bicyclic) bond motifs is 1. The molecule has 1 atom stereocenters. The minimum atomic E-state index is -0.0405. The van der Waals surface area contributed by atoms with Crippen molar-refractivity contribution < 1.29 is 4.79 Å². The molecule has 2 nitrogen and oxygen atoms in total. The number of carbonyl (C=O) groups excluding carboxylic acids is 1. The van der Waals surface area contributed by atoms with Crippen LogP contribution in [0.1, 0.15) is 16.5 Å². The third-order valence-corrected chi connectivity index (χ3v) is 2.67. The Bertz CT molecular complexity index is 256. The van der Waals surface area contributed by atoms with Crippen LogP contribution in [0, 0.1) is 0 Å². The number of thiophene rings is 1. The Morgan fingerprint density at radius 1 is 1.80 bits per heavy atom. The fourth-order valence-electron chi connectivity index (χ4n) is 1.21. The average molecular weight is 153 g/mol. The SMILES string of the molecule is O=CC1NCc2sccc21. The lowest BCUT2D eigenvalue weighted by Crippen LogP contribution is -2.12. The molecule has 1 aromatic heterocycles. The molecule has 2 rings (SSSR count). The molecule has 0 saturated heterocycles. The van der Waals surface area contributed by atoms with E-state index in [1.54, 1.807) is 11.3 Å². The first-order chi connectivity index (χ1) is 4.92. The van der Waals surface area contributed by atoms with E-state index in [4.69, 9.17) is 0 Å². The second-order valence-electron chi connectivity index (χ2n) is 2.29. The first-order valence-corrected chi connectivity index (χ1v) is 4.04. The van der Waals surface area contributed by atoms with Crippen molar-refractivity contribution in [3.63, 3.8) is 0 Å². The molecule has 1 aromatic rings. The molecule has 1 aliphatic heterocycles. The van der Waals surface area contributed by atoms with E-state index in [0.29, 0.717) is 0 Å². The fourth-order valence-corrected chi connectivity index (χ4v) is 2.08. The van der Waals surface area contributed by atoms with Crippen molar-refractivity contribution in [2.45, 2.75) is 12.6 Å². The summed E-state index contributed by atoms with van der Waals surface area (Å²) >= 11 is 1.71. The maximum Gasteiger partial charge on any atom is 0.141 e. The molecule has 0 aliphatic carbocycles. The van der Waals surface area contributed by atoms with Gasteiger partial charge >= 0.3 is 0 Å². The minimum Gasteiger partial charge on any atom is -0.301 e. The third kappa shape index (κ3) is 0.711. The van der Waals surface area contributed by atoms with Gasteiger partial charge in [-0.1, -0.05) is 0 Å². The van der Waals surface area contributed by atoms with Crippen LogP contribution in [0.5, 0.6) is 0 Å². The zero-order chi connectivity index (χ0) is 6.97. The van der Waals surface area contributed by atoms with E-state index in [1.165, 1.54) is 10.4 Å². The molecule has 0 spiro atoms. The summed E-state index contributed by atoms with van der Waals surface area (Å²) in [6.45, 7) is 0.858. The van der Waals surface area contributed by atoms with Crippen LogP contribution >= 0.6 is 11.3 Å². The van der Waals surface area contributed by atoms with E-state index < -0.39 is 0 Å². The number of hydrogen-bond donors (Lipinski definition) is 1. The van der Waals surface area contributed by atoms with Crippen LogP contribution < -0.4 is 5.32 Å². The normalized spacial score (nSPS) is 22.6. The lowest BCUT2D eigenvalue weighted by atomic mass is 10.2. The zero-order valence-corrected chi connectivity index (χ0v) is 6.15. The van der Waals surface area contributed by atoms with Crippen LogP contribution in [0.4, 0.5) is 0 Å². The van der Waals surface area contributed by atoms with Crippen LogP contribution in [0.2, 0.25) is 0 Å². The predicted octanol–water partition coefficient (Wildman–Crippen LogP) is 1.09. The summed E-state index contributed by atoms with van der Waals surface area (Å²) in [5, 5.41) is 5.12. The summed E-state index contributed by atoms with van der Waals surface area (Å²) in [7, 11) is 0. The molecule has 0 saturated carbocycles. The molecule has 1 unspecified atom stereocenters. The highest BCUT2D eigenvalue weighted by atomic mass is 32.1. The largest absolute Gasteiger partial charge is 0.301 e. The zero-order valence-electron chi connectivity index (χ0n) is 5.33. The van der Waals surface area contributed by atoms with Gasteiger partial charge in [-0.05, 0) is 17.0 Å². The number of nitrogens with one attached hydrogen (secondary N) is 1. The van der Waals surface area contributed by atoms with Gasteiger partial charge in [0, 0.05) is 11.4 Å². The molecule has 0 radical (unpaired) electrons. The van der Waals surface area contributed by atoms with Crippen LogP contribution in [-0.2, 0) is 11.3 Å². The van der Waals surface area contributed by atoms with Crippen molar-refractivity contribution in [1.82, 2.24) is 5.32 Å². The van der Waals surface area contributed by atoms with E-state index in [0.717, 1.165) is 12.8 Å². The summed E-state index contributed by atoms with van der Waals surface area (Å²) < 4.78 is 0. The topological polar surface area (TPSA) is 29.1 Å². The maximum absolute atomic E-state index is 10.4. The van der Waals surface area contributed by atoms with E-state index >= 15 is 0 Å². The van der Waals surface area contributed by atoms with Crippen molar-refractivity contribution in [1.29, 1.82) is 0 Å². The van der Waals surface area contributed by atoms with Gasteiger partial charge in [-0.2, -0.15) is 0 Å². The van der Waals surface area contributed by atoms with Gasteiger partial charge in [-0.3, -0.25) is 5.32 Å². The second-order valence-corrected chi connectivity index (χ2v) is 3.29. The smallest absolute Gasteiger partial charge is 0.141 e. The highest BCUT2D eigenvalue weighted by Gasteiger charge is 2.21. The Kier molecular flexibility index (Phi) is 1.32. The van der Waals surface area contributed by atoms with Gasteiger partial charge in [-0.15, -0.1) is 11.3 Å². The molecular formula is C7H7NOS. The highest BCUT2D eigenvalue weighted by molar-refractivity contribution is 7.10. The van der Waals surface area contributed by atoms with Crippen LogP contribution in [-0.4, -0.2) is 6.29 Å². The van der Waals surface area contributed by atoms with Gasteiger partial charge < -0.3 is 4.79 Å². The van der Waals surface area contributed by atoms with E-state index in [-0.39, 0.29) is 6.04 Å². The maximum atomic E-state index is 10.4. The lowest BCUT2D eigenvalue weighted by molar-refractivity contribution is -0.109. The first-order valence-electron chi connectivity index (χ1n) is 3.17.